The van der Waals surface area contributed by atoms with Crippen LogP contribution in [0.25, 0.3) is 6.08 Å². The summed E-state index contributed by atoms with van der Waals surface area (Å²) in [4.78, 5) is 52.8. The second-order valence-corrected chi connectivity index (χ2v) is 12.0. The summed E-state index contributed by atoms with van der Waals surface area (Å²) < 4.78 is 10.6. The van der Waals surface area contributed by atoms with Crippen LogP contribution >= 0.6 is 11.8 Å². The molecule has 0 bridgehead atoms. The largest absolute Gasteiger partial charge is 0.465 e. The average molecular weight is 674 g/mol. The second-order valence-electron chi connectivity index (χ2n) is 10.8. The molecule has 1 atom stereocenters. The molecular weight excluding hydrogens is 639 g/mol. The van der Waals surface area contributed by atoms with Gasteiger partial charge in [0.15, 0.2) is 0 Å². The molecule has 0 saturated carbocycles. The first-order chi connectivity index (χ1) is 23.9. The van der Waals surface area contributed by atoms with E-state index in [1.165, 1.54) is 24.1 Å². The zero-order valence-corrected chi connectivity index (χ0v) is 27.6. The van der Waals surface area contributed by atoms with Gasteiger partial charge in [0.25, 0.3) is 11.8 Å². The number of carbonyl (C=O) groups is 4. The van der Waals surface area contributed by atoms with Crippen LogP contribution in [0.2, 0.25) is 0 Å². The summed E-state index contributed by atoms with van der Waals surface area (Å²) in [6, 6.07) is 35.0. The molecule has 9 nitrogen and oxygen atoms in total. The first-order valence-corrected chi connectivity index (χ1v) is 16.6. The number of nitrogens with one attached hydrogen (secondary N) is 3. The van der Waals surface area contributed by atoms with Crippen molar-refractivity contribution in [3.8, 4) is 0 Å². The van der Waals surface area contributed by atoms with Crippen LogP contribution in [0.5, 0.6) is 0 Å². The summed E-state index contributed by atoms with van der Waals surface area (Å²) in [6.07, 6.45) is 4.66. The van der Waals surface area contributed by atoms with Gasteiger partial charge in [0, 0.05) is 27.9 Å². The molecule has 0 aliphatic heterocycles. The zero-order valence-electron chi connectivity index (χ0n) is 26.8. The number of esters is 1. The van der Waals surface area contributed by atoms with E-state index in [4.69, 9.17) is 9.15 Å². The summed E-state index contributed by atoms with van der Waals surface area (Å²) in [5.74, 6) is -1.22. The van der Waals surface area contributed by atoms with Gasteiger partial charge in [0.2, 0.25) is 5.91 Å². The molecule has 1 unspecified atom stereocenters. The first-order valence-electron chi connectivity index (χ1n) is 15.7. The molecule has 5 rings (SSSR count). The van der Waals surface area contributed by atoms with Crippen molar-refractivity contribution in [2.45, 2.75) is 29.9 Å². The molecule has 0 aliphatic carbocycles. The summed E-state index contributed by atoms with van der Waals surface area (Å²) in [5, 5.41) is 7.85. The van der Waals surface area contributed by atoms with E-state index in [1.807, 2.05) is 37.3 Å². The van der Waals surface area contributed by atoms with Crippen LogP contribution in [-0.2, 0) is 14.3 Å². The molecule has 0 spiro atoms. The molecule has 49 heavy (non-hydrogen) atoms. The molecule has 1 heterocycles. The Hall–Kier alpha value is -5.87. The highest BCUT2D eigenvalue weighted by atomic mass is 32.2. The van der Waals surface area contributed by atoms with Gasteiger partial charge in [0.1, 0.15) is 16.7 Å². The number of carbonyl (C=O) groups excluding carboxylic acids is 4. The second kappa shape index (κ2) is 17.3. The Labute approximate surface area is 288 Å². The fourth-order valence-electron chi connectivity index (χ4n) is 4.60. The molecule has 0 aliphatic rings. The van der Waals surface area contributed by atoms with E-state index in [0.717, 1.165) is 23.3 Å². The van der Waals surface area contributed by atoms with Crippen LogP contribution in [-0.4, -0.2) is 30.3 Å². The lowest BCUT2D eigenvalue weighted by Gasteiger charge is -2.18. The lowest BCUT2D eigenvalue weighted by atomic mass is 10.1. The van der Waals surface area contributed by atoms with Crippen molar-refractivity contribution in [1.29, 1.82) is 0 Å². The lowest BCUT2D eigenvalue weighted by molar-refractivity contribution is -0.116. The summed E-state index contributed by atoms with van der Waals surface area (Å²) in [5.41, 5.74) is 2.66. The standard InChI is InChI=1S/C39H35N3O6S/c1-2-3-24-48-39(46)29-16-18-30(19-17-29)41-38(45)35(27-11-6-4-7-12-27)49-33-22-20-31(21-23-33)40-37(44)34(26-32-15-10-25-47-32)42-36(43)28-13-8-5-9-14-28/h4-23,25-26,35H,2-3,24H2,1H3,(H,40,44)(H,41,45)(H,42,43)/b34-26-. The molecule has 0 fully saturated rings. The lowest BCUT2D eigenvalue weighted by Crippen LogP contribution is -2.30. The third kappa shape index (κ3) is 10.1. The van der Waals surface area contributed by atoms with Crippen molar-refractivity contribution < 1.29 is 28.3 Å². The number of rotatable bonds is 14. The Kier molecular flexibility index (Phi) is 12.2. The maximum atomic E-state index is 13.6. The van der Waals surface area contributed by atoms with Gasteiger partial charge in [-0.15, -0.1) is 11.8 Å². The number of ether oxygens (including phenoxy) is 1. The number of hydrogen-bond donors (Lipinski definition) is 3. The van der Waals surface area contributed by atoms with Crippen molar-refractivity contribution in [3.63, 3.8) is 0 Å². The fourth-order valence-corrected chi connectivity index (χ4v) is 5.62. The van der Waals surface area contributed by atoms with Crippen LogP contribution < -0.4 is 16.0 Å². The normalized spacial score (nSPS) is 11.7. The minimum Gasteiger partial charge on any atom is -0.465 e. The molecule has 0 saturated heterocycles. The van der Waals surface area contributed by atoms with E-state index in [2.05, 4.69) is 16.0 Å². The van der Waals surface area contributed by atoms with E-state index in [0.29, 0.717) is 34.9 Å². The number of benzene rings is 4. The summed E-state index contributed by atoms with van der Waals surface area (Å²) >= 11 is 1.35. The van der Waals surface area contributed by atoms with E-state index >= 15 is 0 Å². The van der Waals surface area contributed by atoms with Gasteiger partial charge in [-0.2, -0.15) is 0 Å². The number of anilines is 2. The van der Waals surface area contributed by atoms with Crippen molar-refractivity contribution in [2.24, 2.45) is 0 Å². The fraction of sp³-hybridized carbons (Fsp3) is 0.128. The van der Waals surface area contributed by atoms with E-state index in [-0.39, 0.29) is 11.6 Å². The Morgan fingerprint density at radius 3 is 2.06 bits per heavy atom. The summed E-state index contributed by atoms with van der Waals surface area (Å²) in [6.45, 7) is 2.39. The first kappa shape index (κ1) is 34.5. The molecular formula is C39H35N3O6S. The number of thioether (sulfide) groups is 1. The number of hydrogen-bond acceptors (Lipinski definition) is 7. The number of unbranched alkanes of at least 4 members (excludes halogenated alkanes) is 1. The predicted octanol–water partition coefficient (Wildman–Crippen LogP) is 8.12. The SMILES string of the molecule is CCCCOC(=O)c1ccc(NC(=O)C(Sc2ccc(NC(=O)/C(=C/c3ccco3)NC(=O)c3ccccc3)cc2)c2ccccc2)cc1. The van der Waals surface area contributed by atoms with Crippen LogP contribution in [0.4, 0.5) is 11.4 Å². The zero-order chi connectivity index (χ0) is 34.4. The smallest absolute Gasteiger partial charge is 0.338 e. The minimum atomic E-state index is -0.601. The van der Waals surface area contributed by atoms with Gasteiger partial charge in [-0.1, -0.05) is 61.9 Å². The highest BCUT2D eigenvalue weighted by Crippen LogP contribution is 2.37. The third-order valence-electron chi connectivity index (χ3n) is 7.18. The number of amides is 3. The maximum Gasteiger partial charge on any atom is 0.338 e. The molecule has 0 radical (unpaired) electrons. The van der Waals surface area contributed by atoms with E-state index < -0.39 is 23.0 Å². The van der Waals surface area contributed by atoms with Crippen LogP contribution in [0.1, 0.15) is 57.1 Å². The van der Waals surface area contributed by atoms with Gasteiger partial charge in [-0.3, -0.25) is 14.4 Å². The maximum absolute atomic E-state index is 13.6. The van der Waals surface area contributed by atoms with Gasteiger partial charge in [-0.05, 0) is 84.8 Å². The van der Waals surface area contributed by atoms with Gasteiger partial charge < -0.3 is 25.1 Å². The van der Waals surface area contributed by atoms with Crippen LogP contribution in [0, 0.1) is 0 Å². The average Bonchev–Trinajstić information content (AvgIpc) is 3.65. The van der Waals surface area contributed by atoms with Gasteiger partial charge >= 0.3 is 5.97 Å². The molecule has 10 heteroatoms. The molecule has 3 N–H and O–H groups in total. The molecule has 5 aromatic rings. The van der Waals surface area contributed by atoms with Crippen LogP contribution in [0.3, 0.4) is 0 Å². The quantitative estimate of drug-likeness (QED) is 0.0470. The summed E-state index contributed by atoms with van der Waals surface area (Å²) in [7, 11) is 0. The monoisotopic (exact) mass is 673 g/mol. The van der Waals surface area contributed by atoms with E-state index in [9.17, 15) is 19.2 Å². The highest BCUT2D eigenvalue weighted by Gasteiger charge is 2.23. The van der Waals surface area contributed by atoms with Gasteiger partial charge in [0.05, 0.1) is 18.4 Å². The van der Waals surface area contributed by atoms with Crippen molar-refractivity contribution in [3.05, 3.63) is 156 Å². The van der Waals surface area contributed by atoms with Crippen molar-refractivity contribution >= 4 is 52.9 Å². The molecule has 248 valence electrons. The predicted molar refractivity (Wildman–Crippen MR) is 191 cm³/mol. The van der Waals surface area contributed by atoms with Crippen molar-refractivity contribution in [1.82, 2.24) is 5.32 Å². The van der Waals surface area contributed by atoms with Crippen molar-refractivity contribution in [2.75, 3.05) is 17.2 Å². The van der Waals surface area contributed by atoms with Gasteiger partial charge in [-0.25, -0.2) is 4.79 Å². The van der Waals surface area contributed by atoms with Crippen LogP contribution in [0.15, 0.2) is 143 Å². The Morgan fingerprint density at radius 2 is 1.41 bits per heavy atom. The molecule has 1 aromatic heterocycles. The highest BCUT2D eigenvalue weighted by molar-refractivity contribution is 8.00. The topological polar surface area (TPSA) is 127 Å². The number of furan rings is 1. The van der Waals surface area contributed by atoms with E-state index in [1.54, 1.807) is 91.0 Å². The Bertz CT molecular complexity index is 1880. The Balaban J connectivity index is 1.26. The third-order valence-corrected chi connectivity index (χ3v) is 8.45. The molecule has 3 amide bonds. The molecule has 4 aromatic carbocycles. The Morgan fingerprint density at radius 1 is 0.755 bits per heavy atom. The minimum absolute atomic E-state index is 0.00415.